The van der Waals surface area contributed by atoms with Crippen LogP contribution in [0.2, 0.25) is 0 Å². The van der Waals surface area contributed by atoms with E-state index in [1.165, 1.54) is 31.3 Å². The number of fused-ring (bicyclic) bond motifs is 1. The largest absolute Gasteiger partial charge is 0.477 e. The zero-order chi connectivity index (χ0) is 25.8. The molecular weight excluding hydrogens is 492 g/mol. The van der Waals surface area contributed by atoms with Crippen molar-refractivity contribution in [2.24, 2.45) is 0 Å². The minimum atomic E-state index is -4.32. The average Bonchev–Trinajstić information content (AvgIpc) is 3.06. The zero-order valence-corrected chi connectivity index (χ0v) is 18.9. The van der Waals surface area contributed by atoms with Crippen LogP contribution in [0.5, 0.6) is 0 Å². The van der Waals surface area contributed by atoms with E-state index in [4.69, 9.17) is 0 Å². The normalized spacial score (nSPS) is 11.8. The highest BCUT2D eigenvalue weighted by Gasteiger charge is 2.30. The maximum atomic E-state index is 15.1. The number of hydrogen-bond acceptors (Lipinski definition) is 4. The Balaban J connectivity index is 2.15. The molecule has 0 radical (unpaired) electrons. The monoisotopic (exact) mass is 508 g/mol. The number of rotatable bonds is 5. The molecule has 4 rings (SSSR count). The molecule has 0 aliphatic rings. The molecule has 4 aromatic rings. The van der Waals surface area contributed by atoms with E-state index in [2.05, 4.69) is 4.98 Å². The number of carbonyl (C=O) groups is 1. The number of nitrogens with one attached hydrogen (secondary N) is 1. The fraction of sp³-hybridized carbons (Fsp3) is 0.130. The number of sulfone groups is 1. The van der Waals surface area contributed by atoms with Gasteiger partial charge in [-0.3, -0.25) is 4.79 Å². The Morgan fingerprint density at radius 2 is 1.77 bits per heavy atom. The number of H-pyrrole nitrogens is 1. The summed E-state index contributed by atoms with van der Waals surface area (Å²) in [7, 11) is -4.32. The van der Waals surface area contributed by atoms with E-state index in [9.17, 15) is 36.3 Å². The summed E-state index contributed by atoms with van der Waals surface area (Å²) in [4.78, 5) is 26.1. The maximum absolute atomic E-state index is 15.1. The number of halogens is 4. The van der Waals surface area contributed by atoms with Crippen molar-refractivity contribution in [1.29, 1.82) is 0 Å². The predicted molar refractivity (Wildman–Crippen MR) is 118 cm³/mol. The van der Waals surface area contributed by atoms with E-state index in [0.29, 0.717) is 6.26 Å². The van der Waals surface area contributed by atoms with E-state index < -0.39 is 67.3 Å². The number of aromatic carboxylic acids is 1. The number of aromatic nitrogens is 2. The van der Waals surface area contributed by atoms with Crippen molar-refractivity contribution in [2.45, 2.75) is 18.4 Å². The lowest BCUT2D eigenvalue weighted by Crippen LogP contribution is -2.16. The van der Waals surface area contributed by atoms with Gasteiger partial charge in [-0.05, 0) is 42.8 Å². The average molecular weight is 508 g/mol. The van der Waals surface area contributed by atoms with Gasteiger partial charge in [0.15, 0.2) is 21.5 Å². The molecule has 35 heavy (non-hydrogen) atoms. The van der Waals surface area contributed by atoms with Crippen LogP contribution in [0.1, 0.15) is 21.6 Å². The van der Waals surface area contributed by atoms with Gasteiger partial charge in [-0.25, -0.2) is 30.8 Å². The third-order valence-corrected chi connectivity index (χ3v) is 6.66. The summed E-state index contributed by atoms with van der Waals surface area (Å²) in [6.07, 6.45) is 1.90. The van der Waals surface area contributed by atoms with Crippen molar-refractivity contribution in [3.05, 3.63) is 87.0 Å². The highest BCUT2D eigenvalue weighted by atomic mass is 32.2. The number of aromatic amines is 1. The highest BCUT2D eigenvalue weighted by Crippen LogP contribution is 2.36. The third-order valence-electron chi connectivity index (χ3n) is 5.56. The quantitative estimate of drug-likeness (QED) is 0.241. The van der Waals surface area contributed by atoms with Crippen LogP contribution in [-0.2, 0) is 16.4 Å². The first kappa shape index (κ1) is 24.2. The van der Waals surface area contributed by atoms with Crippen molar-refractivity contribution in [3.63, 3.8) is 0 Å². The number of nitrogens with zero attached hydrogens (tertiary/aromatic N) is 1. The Hall–Kier alpha value is -3.93. The van der Waals surface area contributed by atoms with Crippen molar-refractivity contribution in [1.82, 2.24) is 9.55 Å². The van der Waals surface area contributed by atoms with Crippen LogP contribution in [0.15, 0.2) is 46.2 Å². The minimum Gasteiger partial charge on any atom is -0.477 e. The number of hydrogen-bond donors (Lipinski definition) is 2. The molecule has 0 aliphatic heterocycles. The highest BCUT2D eigenvalue weighted by molar-refractivity contribution is 7.90. The lowest BCUT2D eigenvalue weighted by molar-refractivity contribution is 0.0687. The van der Waals surface area contributed by atoms with E-state index >= 15 is 4.39 Å². The van der Waals surface area contributed by atoms with Gasteiger partial charge in [0.05, 0.1) is 12.1 Å². The molecule has 0 atom stereocenters. The van der Waals surface area contributed by atoms with Gasteiger partial charge in [-0.2, -0.15) is 0 Å². The molecule has 0 unspecified atom stereocenters. The first-order valence-corrected chi connectivity index (χ1v) is 11.8. The predicted octanol–water partition coefficient (Wildman–Crippen LogP) is 4.01. The second-order valence-electron chi connectivity index (χ2n) is 7.88. The Bertz CT molecular complexity index is 1710. The van der Waals surface area contributed by atoms with Gasteiger partial charge in [0, 0.05) is 34.5 Å². The molecule has 0 saturated carbocycles. The molecule has 2 aromatic heterocycles. The molecule has 182 valence electrons. The van der Waals surface area contributed by atoms with Gasteiger partial charge < -0.3 is 14.7 Å². The summed E-state index contributed by atoms with van der Waals surface area (Å²) < 4.78 is 83.1. The molecule has 7 nitrogen and oxygen atoms in total. The van der Waals surface area contributed by atoms with E-state index in [0.717, 1.165) is 10.6 Å². The zero-order valence-electron chi connectivity index (χ0n) is 18.1. The van der Waals surface area contributed by atoms with Crippen LogP contribution in [0.25, 0.3) is 22.0 Å². The lowest BCUT2D eigenvalue weighted by Gasteiger charge is -2.13. The van der Waals surface area contributed by atoms with Gasteiger partial charge in [0.2, 0.25) is 0 Å². The molecular formula is C23H16F4N2O5S. The van der Waals surface area contributed by atoms with Crippen molar-refractivity contribution >= 4 is 26.7 Å². The number of carboxylic acid groups (broad SMARTS) is 1. The van der Waals surface area contributed by atoms with Gasteiger partial charge in [-0.15, -0.1) is 0 Å². The molecule has 0 aliphatic carbocycles. The number of carboxylic acids is 1. The van der Waals surface area contributed by atoms with Gasteiger partial charge in [0.25, 0.3) is 5.56 Å². The van der Waals surface area contributed by atoms with Crippen LogP contribution < -0.4 is 5.56 Å². The molecule has 2 aromatic carbocycles. The first-order chi connectivity index (χ1) is 16.3. The number of aryl methyl sites for hydroxylation is 1. The van der Waals surface area contributed by atoms with E-state index in [-0.39, 0.29) is 33.7 Å². The van der Waals surface area contributed by atoms with Gasteiger partial charge in [-0.1, -0.05) is 0 Å². The second kappa shape index (κ2) is 8.38. The van der Waals surface area contributed by atoms with E-state index in [1.54, 1.807) is 0 Å². The number of pyridine rings is 1. The smallest absolute Gasteiger partial charge is 0.353 e. The molecule has 0 saturated heterocycles. The fourth-order valence-corrected chi connectivity index (χ4v) is 4.72. The van der Waals surface area contributed by atoms with Crippen LogP contribution in [0.3, 0.4) is 0 Å². The standard InChI is InChI=1S/C23H16F4N2O5S/c1-10-6-12-16(7-14(10)24)29(21(23(31)32)18(12)11-4-3-5-28-22(11)30)9-13-19(26)15(25)8-17(20(13)27)35(2,33)34/h3-8H,9H2,1-2H3,(H,28,30)(H,31,32). The fourth-order valence-electron chi connectivity index (χ4n) is 3.95. The molecule has 2 heterocycles. The topological polar surface area (TPSA) is 109 Å². The SMILES string of the molecule is Cc1cc2c(-c3ccc[nH]c3=O)c(C(=O)O)n(Cc3c(F)c(F)cc(S(C)(=O)=O)c3F)c2cc1F. The van der Waals surface area contributed by atoms with Gasteiger partial charge >= 0.3 is 5.97 Å². The van der Waals surface area contributed by atoms with Crippen LogP contribution in [0.4, 0.5) is 17.6 Å². The molecule has 2 N–H and O–H groups in total. The van der Waals surface area contributed by atoms with Crippen LogP contribution in [0, 0.1) is 30.2 Å². The second-order valence-corrected chi connectivity index (χ2v) is 9.87. The lowest BCUT2D eigenvalue weighted by atomic mass is 10.0. The van der Waals surface area contributed by atoms with Crippen molar-refractivity contribution < 1.29 is 35.9 Å². The minimum absolute atomic E-state index is 0.0820. The summed E-state index contributed by atoms with van der Waals surface area (Å²) in [6.45, 7) is 0.388. The third kappa shape index (κ3) is 3.99. The molecule has 12 heteroatoms. The van der Waals surface area contributed by atoms with Crippen LogP contribution in [-0.4, -0.2) is 35.3 Å². The first-order valence-electron chi connectivity index (χ1n) is 9.93. The summed E-state index contributed by atoms with van der Waals surface area (Å²) >= 11 is 0. The Kier molecular flexibility index (Phi) is 5.79. The summed E-state index contributed by atoms with van der Waals surface area (Å²) in [6, 6.07) is 5.12. The number of benzene rings is 2. The summed E-state index contributed by atoms with van der Waals surface area (Å²) in [5, 5.41) is 10.1. The van der Waals surface area contributed by atoms with Crippen LogP contribution >= 0.6 is 0 Å². The van der Waals surface area contributed by atoms with Crippen molar-refractivity contribution in [2.75, 3.05) is 6.26 Å². The Labute approximate surface area is 195 Å². The maximum Gasteiger partial charge on any atom is 0.353 e. The Morgan fingerprint density at radius 3 is 2.37 bits per heavy atom. The molecule has 0 amide bonds. The molecule has 0 spiro atoms. The molecule has 0 fully saturated rings. The summed E-state index contributed by atoms with van der Waals surface area (Å²) in [5.41, 5.74) is -2.73. The molecule has 0 bridgehead atoms. The Morgan fingerprint density at radius 1 is 1.09 bits per heavy atom. The van der Waals surface area contributed by atoms with Crippen molar-refractivity contribution in [3.8, 4) is 11.1 Å². The summed E-state index contributed by atoms with van der Waals surface area (Å²) in [5.74, 6) is -7.43. The van der Waals surface area contributed by atoms with E-state index in [1.807, 2.05) is 0 Å². The van der Waals surface area contributed by atoms with Gasteiger partial charge in [0.1, 0.15) is 22.2 Å².